The van der Waals surface area contributed by atoms with E-state index in [9.17, 15) is 4.79 Å². The molecule has 3 rings (SSSR count). The molecule has 112 valence electrons. The third-order valence-corrected chi connectivity index (χ3v) is 2.98. The lowest BCUT2D eigenvalue weighted by atomic mass is 10.2. The zero-order valence-electron chi connectivity index (χ0n) is 12.0. The van der Waals surface area contributed by atoms with Gasteiger partial charge in [-0.25, -0.2) is 0 Å². The molecule has 3 heterocycles. The Labute approximate surface area is 125 Å². The molecule has 1 N–H and O–H groups in total. The van der Waals surface area contributed by atoms with E-state index >= 15 is 0 Å². The van der Waals surface area contributed by atoms with Crippen molar-refractivity contribution in [3.8, 4) is 11.4 Å². The number of aryl methyl sites for hydroxylation is 1. The summed E-state index contributed by atoms with van der Waals surface area (Å²) < 4.78 is 9.98. The van der Waals surface area contributed by atoms with Crippen LogP contribution in [0.5, 0.6) is 0 Å². The van der Waals surface area contributed by atoms with E-state index in [2.05, 4.69) is 25.6 Å². The van der Waals surface area contributed by atoms with Crippen LogP contribution in [-0.4, -0.2) is 26.2 Å². The predicted molar refractivity (Wildman–Crippen MR) is 74.7 cm³/mol. The Morgan fingerprint density at radius 1 is 1.27 bits per heavy atom. The average molecular weight is 299 g/mol. The minimum Gasteiger partial charge on any atom is -0.351 e. The highest BCUT2D eigenvalue weighted by Crippen LogP contribution is 2.19. The number of aromatic nitrogens is 4. The largest absolute Gasteiger partial charge is 0.351 e. The molecule has 0 aliphatic heterocycles. The van der Waals surface area contributed by atoms with E-state index in [0.717, 1.165) is 11.3 Å². The Bertz CT molecular complexity index is 781. The van der Waals surface area contributed by atoms with Crippen LogP contribution in [0.3, 0.4) is 0 Å². The van der Waals surface area contributed by atoms with Crippen LogP contribution in [0.2, 0.25) is 0 Å². The summed E-state index contributed by atoms with van der Waals surface area (Å²) in [6, 6.07) is 4.66. The van der Waals surface area contributed by atoms with Crippen LogP contribution < -0.4 is 5.32 Å². The van der Waals surface area contributed by atoms with Crippen molar-refractivity contribution in [3.05, 3.63) is 47.9 Å². The third kappa shape index (κ3) is 2.85. The van der Waals surface area contributed by atoms with Crippen molar-refractivity contribution in [1.82, 2.24) is 25.6 Å². The van der Waals surface area contributed by atoms with Gasteiger partial charge in [0.25, 0.3) is 5.91 Å². The fraction of sp³-hybridized carbons (Fsp3) is 0.214. The number of nitrogens with zero attached hydrogens (tertiary/aromatic N) is 4. The zero-order valence-corrected chi connectivity index (χ0v) is 12.0. The van der Waals surface area contributed by atoms with Gasteiger partial charge in [-0.1, -0.05) is 10.3 Å². The maximum Gasteiger partial charge on any atom is 0.290 e. The molecule has 0 aliphatic carbocycles. The van der Waals surface area contributed by atoms with Gasteiger partial charge < -0.3 is 14.4 Å². The lowest BCUT2D eigenvalue weighted by molar-refractivity contribution is 0.0895. The minimum absolute atomic E-state index is 0.122. The average Bonchev–Trinajstić information content (AvgIpc) is 3.19. The summed E-state index contributed by atoms with van der Waals surface area (Å²) in [7, 11) is 0. The van der Waals surface area contributed by atoms with Crippen molar-refractivity contribution < 1.29 is 13.8 Å². The molecule has 8 heteroatoms. The molecular weight excluding hydrogens is 286 g/mol. The molecule has 0 bridgehead atoms. The van der Waals surface area contributed by atoms with Crippen LogP contribution in [0, 0.1) is 6.92 Å². The van der Waals surface area contributed by atoms with Gasteiger partial charge in [-0.05, 0) is 26.0 Å². The van der Waals surface area contributed by atoms with Gasteiger partial charge >= 0.3 is 0 Å². The number of carbonyl (C=O) groups excluding carboxylic acids is 1. The summed E-state index contributed by atoms with van der Waals surface area (Å²) >= 11 is 0. The smallest absolute Gasteiger partial charge is 0.290 e. The third-order valence-electron chi connectivity index (χ3n) is 2.98. The van der Waals surface area contributed by atoms with Crippen LogP contribution >= 0.6 is 0 Å². The Balaban J connectivity index is 1.74. The van der Waals surface area contributed by atoms with E-state index in [-0.39, 0.29) is 5.76 Å². The quantitative estimate of drug-likeness (QED) is 0.784. The highest BCUT2D eigenvalue weighted by molar-refractivity contribution is 5.91. The number of rotatable bonds is 4. The van der Waals surface area contributed by atoms with Crippen molar-refractivity contribution in [2.24, 2.45) is 0 Å². The molecule has 0 aromatic carbocycles. The van der Waals surface area contributed by atoms with E-state index in [1.165, 1.54) is 12.3 Å². The van der Waals surface area contributed by atoms with Crippen molar-refractivity contribution in [2.75, 3.05) is 0 Å². The highest BCUT2D eigenvalue weighted by atomic mass is 16.5. The van der Waals surface area contributed by atoms with Crippen LogP contribution in [0.1, 0.15) is 35.1 Å². The summed E-state index contributed by atoms with van der Waals surface area (Å²) in [5.74, 6) is 0.472. The van der Waals surface area contributed by atoms with Gasteiger partial charge in [-0.3, -0.25) is 9.78 Å². The summed E-state index contributed by atoms with van der Waals surface area (Å²) in [4.78, 5) is 20.3. The van der Waals surface area contributed by atoms with Crippen molar-refractivity contribution in [3.63, 3.8) is 0 Å². The Morgan fingerprint density at radius 3 is 2.86 bits per heavy atom. The van der Waals surface area contributed by atoms with E-state index < -0.39 is 11.9 Å². The van der Waals surface area contributed by atoms with Gasteiger partial charge in [0.15, 0.2) is 0 Å². The molecule has 1 atom stereocenters. The van der Waals surface area contributed by atoms with Crippen LogP contribution in [0.15, 0.2) is 39.6 Å². The second-order valence-electron chi connectivity index (χ2n) is 4.71. The fourth-order valence-corrected chi connectivity index (χ4v) is 1.88. The zero-order chi connectivity index (χ0) is 15.5. The van der Waals surface area contributed by atoms with Gasteiger partial charge in [0.05, 0.1) is 6.20 Å². The molecule has 0 aliphatic rings. The highest BCUT2D eigenvalue weighted by Gasteiger charge is 2.19. The number of hydrogen-bond acceptors (Lipinski definition) is 7. The molecular formula is C14H13N5O3. The first-order valence-electron chi connectivity index (χ1n) is 6.61. The van der Waals surface area contributed by atoms with Gasteiger partial charge in [0, 0.05) is 23.5 Å². The molecule has 8 nitrogen and oxygen atoms in total. The first-order valence-corrected chi connectivity index (χ1v) is 6.61. The summed E-state index contributed by atoms with van der Waals surface area (Å²) in [6.07, 6.45) is 3.08. The predicted octanol–water partition coefficient (Wildman–Crippen LogP) is 1.92. The first kappa shape index (κ1) is 13.9. The fourth-order valence-electron chi connectivity index (χ4n) is 1.88. The Hall–Kier alpha value is -3.03. The van der Waals surface area contributed by atoms with Crippen LogP contribution in [-0.2, 0) is 0 Å². The molecule has 3 aromatic heterocycles. The minimum atomic E-state index is -0.457. The van der Waals surface area contributed by atoms with E-state index in [1.54, 1.807) is 19.2 Å². The molecule has 0 fully saturated rings. The Morgan fingerprint density at radius 2 is 2.14 bits per heavy atom. The lowest BCUT2D eigenvalue weighted by Gasteiger charge is -2.06. The summed E-state index contributed by atoms with van der Waals surface area (Å²) in [5.41, 5.74) is 1.66. The second-order valence-corrected chi connectivity index (χ2v) is 4.71. The van der Waals surface area contributed by atoms with Gasteiger partial charge in [0.1, 0.15) is 6.04 Å². The van der Waals surface area contributed by atoms with E-state index in [1.807, 2.05) is 13.0 Å². The monoisotopic (exact) mass is 299 g/mol. The SMILES string of the molecule is Cc1cc(-c2noc([C@H](C)NC(=O)c3ccno3)n2)ccn1. The molecule has 0 radical (unpaired) electrons. The number of hydrogen-bond donors (Lipinski definition) is 1. The second kappa shape index (κ2) is 5.76. The maximum absolute atomic E-state index is 11.9. The van der Waals surface area contributed by atoms with Crippen molar-refractivity contribution in [2.45, 2.75) is 19.9 Å². The topological polar surface area (TPSA) is 107 Å². The lowest BCUT2D eigenvalue weighted by Crippen LogP contribution is -2.26. The van der Waals surface area contributed by atoms with Crippen molar-refractivity contribution >= 4 is 5.91 Å². The van der Waals surface area contributed by atoms with Gasteiger partial charge in [0.2, 0.25) is 17.5 Å². The molecule has 0 spiro atoms. The molecule has 0 saturated carbocycles. The van der Waals surface area contributed by atoms with Crippen molar-refractivity contribution in [1.29, 1.82) is 0 Å². The van der Waals surface area contributed by atoms with Crippen LogP contribution in [0.4, 0.5) is 0 Å². The Kier molecular flexibility index (Phi) is 3.65. The molecule has 3 aromatic rings. The molecule has 1 amide bonds. The van der Waals surface area contributed by atoms with Gasteiger partial charge in [-0.15, -0.1) is 0 Å². The molecule has 0 saturated heterocycles. The van der Waals surface area contributed by atoms with E-state index in [4.69, 9.17) is 9.05 Å². The number of carbonyl (C=O) groups is 1. The standard InChI is InChI=1S/C14H13N5O3/c1-8-7-10(3-5-15-8)12-18-14(22-19-12)9(2)17-13(20)11-4-6-16-21-11/h3-7,9H,1-2H3,(H,17,20)/t9-/m0/s1. The molecule has 0 unspecified atom stereocenters. The summed E-state index contributed by atoms with van der Waals surface area (Å²) in [6.45, 7) is 3.62. The number of amides is 1. The summed E-state index contributed by atoms with van der Waals surface area (Å²) in [5, 5.41) is 10.1. The van der Waals surface area contributed by atoms with E-state index in [0.29, 0.717) is 11.7 Å². The number of pyridine rings is 1. The normalized spacial score (nSPS) is 12.1. The molecule has 22 heavy (non-hydrogen) atoms. The van der Waals surface area contributed by atoms with Crippen LogP contribution in [0.25, 0.3) is 11.4 Å². The maximum atomic E-state index is 11.9. The number of nitrogens with one attached hydrogen (secondary N) is 1. The van der Waals surface area contributed by atoms with Gasteiger partial charge in [-0.2, -0.15) is 4.98 Å². The first-order chi connectivity index (χ1) is 10.6.